The van der Waals surface area contributed by atoms with E-state index in [2.05, 4.69) is 21.1 Å². The lowest BCUT2D eigenvalue weighted by molar-refractivity contribution is 0.596. The third-order valence-corrected chi connectivity index (χ3v) is 3.42. The smallest absolute Gasteiger partial charge is 0.265 e. The zero-order valence-corrected chi connectivity index (χ0v) is 11.0. The van der Waals surface area contributed by atoms with Gasteiger partial charge in [0.1, 0.15) is 11.1 Å². The number of pyridine rings is 1. The fourth-order valence-corrected chi connectivity index (χ4v) is 2.29. The molecule has 0 atom stereocenters. The van der Waals surface area contributed by atoms with Crippen LogP contribution in [0.15, 0.2) is 32.0 Å². The highest BCUT2D eigenvalue weighted by Crippen LogP contribution is 2.26. The molecule has 96 valence electrons. The normalized spacial score (nSPS) is 10.2. The fraction of sp³-hybridized carbons (Fsp3) is 0.182. The van der Waals surface area contributed by atoms with E-state index in [1.165, 1.54) is 4.68 Å². The Morgan fingerprint density at radius 1 is 1.47 bits per heavy atom. The highest BCUT2D eigenvalue weighted by atomic mass is 32.2. The van der Waals surface area contributed by atoms with Gasteiger partial charge in [0.15, 0.2) is 5.16 Å². The number of nitrogens with zero attached hydrogens (tertiary/aromatic N) is 4. The number of nitrogens with one attached hydrogen (secondary N) is 1. The van der Waals surface area contributed by atoms with Crippen LogP contribution in [0.1, 0.15) is 11.1 Å². The SMILES string of the molecule is Cc1ccnc(Sc2nc(=O)c(=O)[nH]n2C)c1C#N. The van der Waals surface area contributed by atoms with E-state index in [0.29, 0.717) is 10.6 Å². The Morgan fingerprint density at radius 2 is 2.21 bits per heavy atom. The van der Waals surface area contributed by atoms with E-state index in [0.717, 1.165) is 17.3 Å². The van der Waals surface area contributed by atoms with E-state index in [9.17, 15) is 9.59 Å². The van der Waals surface area contributed by atoms with Gasteiger partial charge in [0.2, 0.25) is 0 Å². The minimum absolute atomic E-state index is 0.263. The minimum Gasteiger partial charge on any atom is -0.265 e. The summed E-state index contributed by atoms with van der Waals surface area (Å²) in [5.74, 6) is 0. The summed E-state index contributed by atoms with van der Waals surface area (Å²) >= 11 is 1.05. The molecule has 19 heavy (non-hydrogen) atoms. The molecule has 2 aromatic rings. The summed E-state index contributed by atoms with van der Waals surface area (Å²) in [6.45, 7) is 1.80. The number of aryl methyl sites for hydroxylation is 2. The zero-order chi connectivity index (χ0) is 14.0. The molecule has 2 rings (SSSR count). The third-order valence-electron chi connectivity index (χ3n) is 2.37. The van der Waals surface area contributed by atoms with E-state index in [4.69, 9.17) is 5.26 Å². The summed E-state index contributed by atoms with van der Waals surface area (Å²) in [5.41, 5.74) is -0.446. The van der Waals surface area contributed by atoms with Crippen molar-refractivity contribution in [2.45, 2.75) is 17.1 Å². The Balaban J connectivity index is 2.51. The average molecular weight is 275 g/mol. The predicted octanol–water partition coefficient (Wildman–Crippen LogP) is 0.195. The molecule has 0 aliphatic heterocycles. The Kier molecular flexibility index (Phi) is 3.48. The summed E-state index contributed by atoms with van der Waals surface area (Å²) in [6.07, 6.45) is 1.57. The number of aromatic amines is 1. The van der Waals surface area contributed by atoms with Gasteiger partial charge in [0.05, 0.1) is 5.56 Å². The van der Waals surface area contributed by atoms with Crippen LogP contribution in [0.2, 0.25) is 0 Å². The van der Waals surface area contributed by atoms with Crippen LogP contribution < -0.4 is 11.1 Å². The first-order valence-corrected chi connectivity index (χ1v) is 6.05. The molecule has 8 heteroatoms. The molecule has 0 aromatic carbocycles. The van der Waals surface area contributed by atoms with Crippen LogP contribution in [0.3, 0.4) is 0 Å². The molecule has 0 fully saturated rings. The fourth-order valence-electron chi connectivity index (χ4n) is 1.39. The first kappa shape index (κ1) is 13.0. The van der Waals surface area contributed by atoms with Crippen LogP contribution in [-0.4, -0.2) is 19.7 Å². The Hall–Kier alpha value is -2.40. The van der Waals surface area contributed by atoms with Crippen LogP contribution in [0.25, 0.3) is 0 Å². The van der Waals surface area contributed by atoms with Crippen molar-refractivity contribution >= 4 is 11.8 Å². The van der Waals surface area contributed by atoms with Gasteiger partial charge in [0.25, 0.3) is 0 Å². The molecule has 0 unspecified atom stereocenters. The molecule has 0 spiro atoms. The number of hydrogen-bond acceptors (Lipinski definition) is 6. The number of rotatable bonds is 2. The monoisotopic (exact) mass is 275 g/mol. The largest absolute Gasteiger partial charge is 0.339 e. The van der Waals surface area contributed by atoms with E-state index in [-0.39, 0.29) is 5.16 Å². The maximum Gasteiger partial charge on any atom is 0.339 e. The second-order valence-corrected chi connectivity index (χ2v) is 4.68. The molecule has 2 aromatic heterocycles. The maximum absolute atomic E-state index is 11.2. The van der Waals surface area contributed by atoms with Crippen LogP contribution >= 0.6 is 11.8 Å². The van der Waals surface area contributed by atoms with Gasteiger partial charge in [-0.05, 0) is 30.3 Å². The second kappa shape index (κ2) is 5.07. The standard InChI is InChI=1S/C11H9N5O2S/c1-6-3-4-13-10(7(6)5-12)19-11-14-8(17)9(18)15-16(11)2/h3-4H,1-2H3,(H,15,18). The highest BCUT2D eigenvalue weighted by molar-refractivity contribution is 7.99. The first-order valence-electron chi connectivity index (χ1n) is 5.24. The van der Waals surface area contributed by atoms with Crippen molar-refractivity contribution in [1.29, 1.82) is 5.26 Å². The number of H-pyrrole nitrogens is 1. The molecule has 0 aliphatic rings. The van der Waals surface area contributed by atoms with Gasteiger partial charge in [-0.3, -0.25) is 19.4 Å². The summed E-state index contributed by atoms with van der Waals surface area (Å²) in [4.78, 5) is 30.1. The third kappa shape index (κ3) is 2.56. The molecule has 0 amide bonds. The number of hydrogen-bond donors (Lipinski definition) is 1. The molecule has 0 saturated carbocycles. The summed E-state index contributed by atoms with van der Waals surface area (Å²) < 4.78 is 1.32. The van der Waals surface area contributed by atoms with Gasteiger partial charge < -0.3 is 0 Å². The van der Waals surface area contributed by atoms with Crippen LogP contribution in [0.4, 0.5) is 0 Å². The Labute approximate surface area is 111 Å². The van der Waals surface area contributed by atoms with Gasteiger partial charge in [-0.25, -0.2) is 4.98 Å². The zero-order valence-electron chi connectivity index (χ0n) is 10.2. The molecule has 0 aliphatic carbocycles. The molecule has 0 saturated heterocycles. The van der Waals surface area contributed by atoms with E-state index < -0.39 is 11.1 Å². The molecular formula is C11H9N5O2S. The van der Waals surface area contributed by atoms with Crippen molar-refractivity contribution < 1.29 is 0 Å². The van der Waals surface area contributed by atoms with Crippen molar-refractivity contribution in [2.24, 2.45) is 7.05 Å². The molecule has 2 heterocycles. The minimum atomic E-state index is -0.869. The molecule has 7 nitrogen and oxygen atoms in total. The van der Waals surface area contributed by atoms with Gasteiger partial charge in [-0.15, -0.1) is 0 Å². The summed E-state index contributed by atoms with van der Waals surface area (Å²) in [6, 6.07) is 3.78. The molecular weight excluding hydrogens is 266 g/mol. The van der Waals surface area contributed by atoms with Crippen LogP contribution in [0, 0.1) is 18.3 Å². The van der Waals surface area contributed by atoms with Gasteiger partial charge in [-0.1, -0.05) is 0 Å². The molecule has 0 bridgehead atoms. The van der Waals surface area contributed by atoms with Crippen molar-refractivity contribution in [3.05, 3.63) is 44.1 Å². The van der Waals surface area contributed by atoms with Crippen molar-refractivity contribution in [1.82, 2.24) is 19.7 Å². The van der Waals surface area contributed by atoms with Crippen LogP contribution in [-0.2, 0) is 7.05 Å². The predicted molar refractivity (Wildman–Crippen MR) is 67.9 cm³/mol. The Morgan fingerprint density at radius 3 is 2.89 bits per heavy atom. The van der Waals surface area contributed by atoms with Gasteiger partial charge >= 0.3 is 11.1 Å². The summed E-state index contributed by atoms with van der Waals surface area (Å²) in [7, 11) is 1.55. The lowest BCUT2D eigenvalue weighted by Crippen LogP contribution is -2.33. The maximum atomic E-state index is 11.2. The highest BCUT2D eigenvalue weighted by Gasteiger charge is 2.12. The van der Waals surface area contributed by atoms with Gasteiger partial charge in [0, 0.05) is 13.2 Å². The summed E-state index contributed by atoms with van der Waals surface area (Å²) in [5, 5.41) is 12.1. The molecule has 0 radical (unpaired) electrons. The van der Waals surface area contributed by atoms with Crippen LogP contribution in [0.5, 0.6) is 0 Å². The first-order chi connectivity index (χ1) is 9.02. The number of nitriles is 1. The second-order valence-electron chi connectivity index (χ2n) is 3.72. The molecule has 1 N–H and O–H groups in total. The van der Waals surface area contributed by atoms with Crippen molar-refractivity contribution in [2.75, 3.05) is 0 Å². The lowest BCUT2D eigenvalue weighted by atomic mass is 10.2. The van der Waals surface area contributed by atoms with E-state index in [1.807, 2.05) is 0 Å². The van der Waals surface area contributed by atoms with E-state index in [1.54, 1.807) is 26.2 Å². The average Bonchev–Trinajstić information content (AvgIpc) is 2.36. The quantitative estimate of drug-likeness (QED) is 0.785. The van der Waals surface area contributed by atoms with Crippen molar-refractivity contribution in [3.63, 3.8) is 0 Å². The number of aromatic nitrogens is 4. The van der Waals surface area contributed by atoms with E-state index >= 15 is 0 Å². The topological polar surface area (TPSA) is 104 Å². The lowest BCUT2D eigenvalue weighted by Gasteiger charge is -2.07. The van der Waals surface area contributed by atoms with Crippen molar-refractivity contribution in [3.8, 4) is 6.07 Å². The Bertz CT molecular complexity index is 787. The van der Waals surface area contributed by atoms with Gasteiger partial charge in [-0.2, -0.15) is 10.2 Å².